The van der Waals surface area contributed by atoms with Crippen LogP contribution in [0.25, 0.3) is 0 Å². The number of hydrogen-bond donors (Lipinski definition) is 3. The van der Waals surface area contributed by atoms with Crippen LogP contribution in [-0.2, 0) is 9.53 Å². The van der Waals surface area contributed by atoms with Crippen molar-refractivity contribution in [2.45, 2.75) is 47.1 Å². The molecule has 0 fully saturated rings. The van der Waals surface area contributed by atoms with Crippen molar-refractivity contribution in [1.29, 1.82) is 0 Å². The molecule has 0 spiro atoms. The van der Waals surface area contributed by atoms with Gasteiger partial charge in [0.2, 0.25) is 5.91 Å². The first-order valence-electron chi connectivity index (χ1n) is 9.03. The van der Waals surface area contributed by atoms with Crippen molar-refractivity contribution in [2.24, 2.45) is 10.4 Å². The number of aromatic nitrogens is 1. The fraction of sp³-hybridized carbons (Fsp3) is 0.632. The van der Waals surface area contributed by atoms with Crippen LogP contribution in [0.2, 0.25) is 0 Å². The number of carbonyl (C=O) groups is 1. The van der Waals surface area contributed by atoms with Crippen LogP contribution in [-0.4, -0.2) is 49.7 Å². The molecule has 1 aromatic heterocycles. The van der Waals surface area contributed by atoms with Crippen LogP contribution in [0, 0.1) is 12.3 Å². The molecule has 0 aliphatic rings. The maximum absolute atomic E-state index is 12.0. The minimum atomic E-state index is -0.0887. The Morgan fingerprint density at radius 2 is 2.00 bits per heavy atom. The zero-order chi connectivity index (χ0) is 19.6. The van der Waals surface area contributed by atoms with Gasteiger partial charge in [0.1, 0.15) is 5.82 Å². The highest BCUT2D eigenvalue weighted by Crippen LogP contribution is 2.21. The fourth-order valence-corrected chi connectivity index (χ4v) is 2.26. The largest absolute Gasteiger partial charge is 0.379 e. The first kappa shape index (κ1) is 25.6. The lowest BCUT2D eigenvalue weighted by atomic mass is 9.89. The number of pyridine rings is 1. The fourth-order valence-electron chi connectivity index (χ4n) is 2.26. The number of methoxy groups -OCH3 is 1. The third kappa shape index (κ3) is 10.5. The number of amides is 1. The lowest BCUT2D eigenvalue weighted by Crippen LogP contribution is -2.40. The molecule has 0 radical (unpaired) electrons. The van der Waals surface area contributed by atoms with E-state index in [0.717, 1.165) is 12.1 Å². The van der Waals surface area contributed by atoms with E-state index < -0.39 is 0 Å². The first-order chi connectivity index (χ1) is 12.3. The molecule has 0 aliphatic heterocycles. The molecule has 0 saturated heterocycles. The lowest BCUT2D eigenvalue weighted by molar-refractivity contribution is -0.116. The third-order valence-corrected chi connectivity index (χ3v) is 3.83. The van der Waals surface area contributed by atoms with Crippen LogP contribution in [0.5, 0.6) is 0 Å². The van der Waals surface area contributed by atoms with Crippen molar-refractivity contribution in [3.05, 3.63) is 23.9 Å². The number of aliphatic imine (C=N–C) groups is 1. The average Bonchev–Trinajstić information content (AvgIpc) is 2.56. The molecule has 1 amide bonds. The molecular formula is C19H34IN5O2. The standard InChI is InChI=1S/C19H33N5O2.HI/c1-7-20-18(23-13-15(26-6)19(3,4)5)21-11-10-17(25)24-16-9-8-14(2)12-22-16;/h8-9,12,15H,7,10-11,13H2,1-6H3,(H2,20,21,23)(H,22,24,25);1H. The Labute approximate surface area is 180 Å². The Balaban J connectivity index is 0.00000676. The number of carbonyl (C=O) groups excluding carboxylic acids is 1. The first-order valence-corrected chi connectivity index (χ1v) is 9.03. The Morgan fingerprint density at radius 1 is 1.30 bits per heavy atom. The normalized spacial score (nSPS) is 12.7. The zero-order valence-electron chi connectivity index (χ0n) is 17.3. The van der Waals surface area contributed by atoms with Gasteiger partial charge in [0.25, 0.3) is 0 Å². The van der Waals surface area contributed by atoms with Gasteiger partial charge in [-0.15, -0.1) is 24.0 Å². The average molecular weight is 491 g/mol. The summed E-state index contributed by atoms with van der Waals surface area (Å²) in [6.45, 7) is 12.1. The van der Waals surface area contributed by atoms with Gasteiger partial charge >= 0.3 is 0 Å². The zero-order valence-corrected chi connectivity index (χ0v) is 19.6. The van der Waals surface area contributed by atoms with Crippen LogP contribution >= 0.6 is 24.0 Å². The van der Waals surface area contributed by atoms with E-state index in [2.05, 4.69) is 46.7 Å². The molecule has 27 heavy (non-hydrogen) atoms. The van der Waals surface area contributed by atoms with E-state index in [-0.39, 0.29) is 41.4 Å². The third-order valence-electron chi connectivity index (χ3n) is 3.83. The molecule has 3 N–H and O–H groups in total. The van der Waals surface area contributed by atoms with Gasteiger partial charge in [0.05, 0.1) is 12.6 Å². The van der Waals surface area contributed by atoms with Gasteiger partial charge in [-0.3, -0.25) is 9.79 Å². The van der Waals surface area contributed by atoms with E-state index in [9.17, 15) is 4.79 Å². The van der Waals surface area contributed by atoms with Crippen molar-refractivity contribution in [3.8, 4) is 0 Å². The minimum absolute atomic E-state index is 0. The molecule has 0 aromatic carbocycles. The lowest BCUT2D eigenvalue weighted by Gasteiger charge is -2.28. The molecule has 1 rings (SSSR count). The van der Waals surface area contributed by atoms with Gasteiger partial charge in [-0.05, 0) is 30.9 Å². The van der Waals surface area contributed by atoms with Crippen molar-refractivity contribution in [3.63, 3.8) is 0 Å². The predicted octanol–water partition coefficient (Wildman–Crippen LogP) is 2.95. The highest BCUT2D eigenvalue weighted by Gasteiger charge is 2.24. The Hall–Kier alpha value is -1.42. The summed E-state index contributed by atoms with van der Waals surface area (Å²) >= 11 is 0. The van der Waals surface area contributed by atoms with E-state index in [0.29, 0.717) is 31.3 Å². The number of rotatable bonds is 8. The van der Waals surface area contributed by atoms with Gasteiger partial charge in [0, 0.05) is 32.8 Å². The molecule has 7 nitrogen and oxygen atoms in total. The molecule has 0 saturated carbocycles. The number of halogens is 1. The molecule has 1 atom stereocenters. The van der Waals surface area contributed by atoms with Gasteiger partial charge in [-0.2, -0.15) is 0 Å². The van der Waals surface area contributed by atoms with E-state index in [1.54, 1.807) is 19.4 Å². The van der Waals surface area contributed by atoms with Crippen LogP contribution in [0.15, 0.2) is 23.3 Å². The summed E-state index contributed by atoms with van der Waals surface area (Å²) in [4.78, 5) is 20.7. The van der Waals surface area contributed by atoms with E-state index in [1.807, 2.05) is 19.9 Å². The monoisotopic (exact) mass is 491 g/mol. The maximum Gasteiger partial charge on any atom is 0.227 e. The quantitative estimate of drug-likeness (QED) is 0.296. The van der Waals surface area contributed by atoms with Crippen LogP contribution in [0.4, 0.5) is 5.82 Å². The summed E-state index contributed by atoms with van der Waals surface area (Å²) in [5.74, 6) is 1.16. The van der Waals surface area contributed by atoms with E-state index in [1.165, 1.54) is 0 Å². The number of guanidine groups is 1. The second-order valence-corrected chi connectivity index (χ2v) is 7.26. The Kier molecular flexibility index (Phi) is 12.2. The topological polar surface area (TPSA) is 87.6 Å². The Morgan fingerprint density at radius 3 is 2.52 bits per heavy atom. The number of nitrogens with zero attached hydrogens (tertiary/aromatic N) is 2. The predicted molar refractivity (Wildman–Crippen MR) is 122 cm³/mol. The van der Waals surface area contributed by atoms with Crippen molar-refractivity contribution in [2.75, 3.05) is 32.1 Å². The summed E-state index contributed by atoms with van der Waals surface area (Å²) < 4.78 is 5.53. The number of aryl methyl sites for hydroxylation is 1. The number of nitrogens with one attached hydrogen (secondary N) is 3. The molecular weight excluding hydrogens is 457 g/mol. The van der Waals surface area contributed by atoms with Crippen molar-refractivity contribution < 1.29 is 9.53 Å². The number of ether oxygens (including phenoxy) is 1. The summed E-state index contributed by atoms with van der Waals surface area (Å²) in [6.07, 6.45) is 2.08. The number of anilines is 1. The summed E-state index contributed by atoms with van der Waals surface area (Å²) in [5, 5.41) is 9.15. The van der Waals surface area contributed by atoms with Crippen molar-refractivity contribution in [1.82, 2.24) is 15.6 Å². The Bertz CT molecular complexity index is 585. The summed E-state index contributed by atoms with van der Waals surface area (Å²) in [5.41, 5.74) is 1.07. The van der Waals surface area contributed by atoms with Crippen LogP contribution in [0.1, 0.15) is 39.7 Å². The van der Waals surface area contributed by atoms with Gasteiger partial charge in [-0.25, -0.2) is 4.98 Å². The molecule has 0 aliphatic carbocycles. The molecule has 8 heteroatoms. The van der Waals surface area contributed by atoms with Crippen LogP contribution in [0.3, 0.4) is 0 Å². The molecule has 154 valence electrons. The highest BCUT2D eigenvalue weighted by molar-refractivity contribution is 14.0. The van der Waals surface area contributed by atoms with Crippen LogP contribution < -0.4 is 16.0 Å². The maximum atomic E-state index is 12.0. The molecule has 0 bridgehead atoms. The molecule has 1 aromatic rings. The highest BCUT2D eigenvalue weighted by atomic mass is 127. The van der Waals surface area contributed by atoms with E-state index >= 15 is 0 Å². The summed E-state index contributed by atoms with van der Waals surface area (Å²) in [6, 6.07) is 3.71. The van der Waals surface area contributed by atoms with Gasteiger partial charge in [-0.1, -0.05) is 26.8 Å². The van der Waals surface area contributed by atoms with E-state index in [4.69, 9.17) is 4.74 Å². The molecule has 1 unspecified atom stereocenters. The molecule has 1 heterocycles. The SMILES string of the molecule is CCNC(=NCC(OC)C(C)(C)C)NCCC(=O)Nc1ccc(C)cn1.I. The minimum Gasteiger partial charge on any atom is -0.379 e. The summed E-state index contributed by atoms with van der Waals surface area (Å²) in [7, 11) is 1.70. The number of hydrogen-bond acceptors (Lipinski definition) is 4. The van der Waals surface area contributed by atoms with Gasteiger partial charge < -0.3 is 20.7 Å². The second kappa shape index (κ2) is 12.9. The van der Waals surface area contributed by atoms with Gasteiger partial charge in [0.15, 0.2) is 5.96 Å². The second-order valence-electron chi connectivity index (χ2n) is 7.26. The van der Waals surface area contributed by atoms with Crippen molar-refractivity contribution >= 4 is 41.7 Å². The smallest absolute Gasteiger partial charge is 0.227 e.